The van der Waals surface area contributed by atoms with E-state index in [1.54, 1.807) is 7.11 Å². The highest BCUT2D eigenvalue weighted by Crippen LogP contribution is 2.28. The molecule has 0 bridgehead atoms. The van der Waals surface area contributed by atoms with Crippen molar-refractivity contribution in [2.45, 2.75) is 20.4 Å². The molecule has 1 aromatic rings. The van der Waals surface area contributed by atoms with Crippen LogP contribution in [0.2, 0.25) is 5.02 Å². The Morgan fingerprint density at radius 3 is 2.62 bits per heavy atom. The van der Waals surface area contributed by atoms with Gasteiger partial charge in [-0.05, 0) is 18.5 Å². The van der Waals surface area contributed by atoms with Crippen LogP contribution in [0.25, 0.3) is 0 Å². The van der Waals surface area contributed by atoms with Crippen molar-refractivity contribution >= 4 is 11.6 Å². The van der Waals surface area contributed by atoms with Crippen LogP contribution in [0.5, 0.6) is 5.75 Å². The van der Waals surface area contributed by atoms with Crippen LogP contribution in [0.4, 0.5) is 0 Å². The van der Waals surface area contributed by atoms with Crippen molar-refractivity contribution in [1.82, 2.24) is 5.32 Å². The Morgan fingerprint density at radius 1 is 1.14 bits per heavy atom. The molecule has 0 amide bonds. The molecule has 0 aliphatic carbocycles. The highest BCUT2D eigenvalue weighted by molar-refractivity contribution is 6.32. The molecule has 0 atom stereocenters. The molecular formula is C16H26ClNO3. The molecule has 1 N–H and O–H groups in total. The molecule has 0 spiro atoms. The Morgan fingerprint density at radius 2 is 1.90 bits per heavy atom. The van der Waals surface area contributed by atoms with Gasteiger partial charge in [0.05, 0.1) is 24.8 Å². The number of benzene rings is 1. The predicted molar refractivity (Wildman–Crippen MR) is 86.2 cm³/mol. The number of para-hydroxylation sites is 1. The molecule has 0 saturated carbocycles. The number of hydrogen-bond donors (Lipinski definition) is 1. The van der Waals surface area contributed by atoms with Gasteiger partial charge in [-0.25, -0.2) is 0 Å². The molecule has 0 heterocycles. The van der Waals surface area contributed by atoms with Crippen LogP contribution in [0.3, 0.4) is 0 Å². The van der Waals surface area contributed by atoms with E-state index >= 15 is 0 Å². The summed E-state index contributed by atoms with van der Waals surface area (Å²) in [6.45, 7) is 8.24. The minimum atomic E-state index is 0.477. The van der Waals surface area contributed by atoms with E-state index in [1.165, 1.54) is 0 Å². The molecule has 0 unspecified atom stereocenters. The van der Waals surface area contributed by atoms with Gasteiger partial charge in [-0.2, -0.15) is 0 Å². The van der Waals surface area contributed by atoms with Crippen LogP contribution < -0.4 is 10.1 Å². The van der Waals surface area contributed by atoms with E-state index in [9.17, 15) is 0 Å². The average Bonchev–Trinajstić information content (AvgIpc) is 2.44. The summed E-state index contributed by atoms with van der Waals surface area (Å²) in [6.07, 6.45) is 0. The molecular weight excluding hydrogens is 290 g/mol. The maximum absolute atomic E-state index is 6.22. The fraction of sp³-hybridized carbons (Fsp3) is 0.625. The predicted octanol–water partition coefficient (Wildman–Crippen LogP) is 3.13. The smallest absolute Gasteiger partial charge is 0.142 e. The molecule has 4 nitrogen and oxygen atoms in total. The van der Waals surface area contributed by atoms with Gasteiger partial charge in [0.15, 0.2) is 0 Å². The maximum atomic E-state index is 6.22. The molecule has 0 aliphatic rings. The Kier molecular flexibility index (Phi) is 9.42. The van der Waals surface area contributed by atoms with Gasteiger partial charge >= 0.3 is 0 Å². The van der Waals surface area contributed by atoms with Crippen molar-refractivity contribution in [3.8, 4) is 5.75 Å². The van der Waals surface area contributed by atoms with Gasteiger partial charge in [0, 0.05) is 19.2 Å². The van der Waals surface area contributed by atoms with Gasteiger partial charge in [0.1, 0.15) is 12.4 Å². The zero-order valence-electron chi connectivity index (χ0n) is 13.2. The number of ether oxygens (including phenoxy) is 3. The fourth-order valence-electron chi connectivity index (χ4n) is 1.80. The van der Waals surface area contributed by atoms with Gasteiger partial charge in [0.25, 0.3) is 0 Å². The molecule has 0 aliphatic heterocycles. The van der Waals surface area contributed by atoms with Crippen LogP contribution in [0.1, 0.15) is 19.4 Å². The van der Waals surface area contributed by atoms with E-state index < -0.39 is 0 Å². The highest BCUT2D eigenvalue weighted by atomic mass is 35.5. The number of halogens is 1. The maximum Gasteiger partial charge on any atom is 0.142 e. The Bertz CT molecular complexity index is 399. The first-order valence-corrected chi connectivity index (χ1v) is 7.70. The van der Waals surface area contributed by atoms with E-state index in [0.717, 1.165) is 24.4 Å². The van der Waals surface area contributed by atoms with Crippen LogP contribution in [0, 0.1) is 5.92 Å². The lowest BCUT2D eigenvalue weighted by molar-refractivity contribution is 0.0543. The highest BCUT2D eigenvalue weighted by Gasteiger charge is 2.08. The summed E-state index contributed by atoms with van der Waals surface area (Å²) >= 11 is 6.22. The van der Waals surface area contributed by atoms with Gasteiger partial charge in [-0.15, -0.1) is 0 Å². The summed E-state index contributed by atoms with van der Waals surface area (Å²) in [5.74, 6) is 1.36. The van der Waals surface area contributed by atoms with Crippen molar-refractivity contribution in [3.63, 3.8) is 0 Å². The number of nitrogens with one attached hydrogen (secondary N) is 1. The van der Waals surface area contributed by atoms with E-state index in [1.807, 2.05) is 18.2 Å². The molecule has 120 valence electrons. The third kappa shape index (κ3) is 7.67. The van der Waals surface area contributed by atoms with E-state index in [2.05, 4.69) is 19.2 Å². The van der Waals surface area contributed by atoms with Crippen LogP contribution in [-0.2, 0) is 16.0 Å². The summed E-state index contributed by atoms with van der Waals surface area (Å²) in [6, 6.07) is 5.81. The standard InChI is InChI=1S/C16H26ClNO3/c1-13(2)11-18-12-14-5-4-6-15(17)16(14)21-10-9-20-8-7-19-3/h4-6,13,18H,7-12H2,1-3H3. The third-order valence-corrected chi connectivity index (χ3v) is 3.12. The van der Waals surface area contributed by atoms with Crippen molar-refractivity contribution in [2.75, 3.05) is 40.1 Å². The van der Waals surface area contributed by atoms with E-state index in [-0.39, 0.29) is 0 Å². The lowest BCUT2D eigenvalue weighted by Crippen LogP contribution is -2.20. The fourth-order valence-corrected chi connectivity index (χ4v) is 2.05. The van der Waals surface area contributed by atoms with Crippen LogP contribution in [-0.4, -0.2) is 40.1 Å². The topological polar surface area (TPSA) is 39.7 Å². The van der Waals surface area contributed by atoms with Crippen molar-refractivity contribution < 1.29 is 14.2 Å². The summed E-state index contributed by atoms with van der Waals surface area (Å²) < 4.78 is 16.1. The lowest BCUT2D eigenvalue weighted by atomic mass is 10.2. The molecule has 0 aromatic heterocycles. The van der Waals surface area contributed by atoms with E-state index in [0.29, 0.717) is 37.4 Å². The van der Waals surface area contributed by atoms with Gasteiger partial charge in [-0.3, -0.25) is 0 Å². The number of methoxy groups -OCH3 is 1. The molecule has 0 saturated heterocycles. The molecule has 0 radical (unpaired) electrons. The minimum absolute atomic E-state index is 0.477. The first-order valence-electron chi connectivity index (χ1n) is 7.32. The van der Waals surface area contributed by atoms with Crippen molar-refractivity contribution in [2.24, 2.45) is 5.92 Å². The number of hydrogen-bond acceptors (Lipinski definition) is 4. The zero-order valence-corrected chi connectivity index (χ0v) is 13.9. The largest absolute Gasteiger partial charge is 0.489 e. The molecule has 21 heavy (non-hydrogen) atoms. The molecule has 1 aromatic carbocycles. The average molecular weight is 316 g/mol. The van der Waals surface area contributed by atoms with Crippen LogP contribution in [0.15, 0.2) is 18.2 Å². The quantitative estimate of drug-likeness (QED) is 0.637. The SMILES string of the molecule is COCCOCCOc1c(Cl)cccc1CNCC(C)C. The number of rotatable bonds is 11. The molecule has 0 fully saturated rings. The first-order chi connectivity index (χ1) is 10.1. The van der Waals surface area contributed by atoms with Gasteiger partial charge < -0.3 is 19.5 Å². The second-order valence-corrected chi connectivity index (χ2v) is 5.61. The van der Waals surface area contributed by atoms with Gasteiger partial charge in [-0.1, -0.05) is 37.6 Å². The first kappa shape index (κ1) is 18.2. The Balaban J connectivity index is 2.43. The van der Waals surface area contributed by atoms with Crippen molar-refractivity contribution in [1.29, 1.82) is 0 Å². The molecule has 5 heteroatoms. The van der Waals surface area contributed by atoms with Gasteiger partial charge in [0.2, 0.25) is 0 Å². The summed E-state index contributed by atoms with van der Waals surface area (Å²) in [5.41, 5.74) is 1.07. The van der Waals surface area contributed by atoms with Crippen LogP contribution >= 0.6 is 11.6 Å². The second kappa shape index (κ2) is 10.9. The molecule has 1 rings (SSSR count). The normalized spacial score (nSPS) is 11.1. The summed E-state index contributed by atoms with van der Waals surface area (Å²) in [5, 5.41) is 4.04. The lowest BCUT2D eigenvalue weighted by Gasteiger charge is -2.14. The van der Waals surface area contributed by atoms with E-state index in [4.69, 9.17) is 25.8 Å². The second-order valence-electron chi connectivity index (χ2n) is 5.21. The third-order valence-electron chi connectivity index (χ3n) is 2.82. The zero-order chi connectivity index (χ0) is 15.5. The Labute approximate surface area is 132 Å². The minimum Gasteiger partial charge on any atom is -0.489 e. The Hall–Kier alpha value is -0.810. The summed E-state index contributed by atoms with van der Waals surface area (Å²) in [7, 11) is 1.65. The monoisotopic (exact) mass is 315 g/mol. The summed E-state index contributed by atoms with van der Waals surface area (Å²) in [4.78, 5) is 0. The van der Waals surface area contributed by atoms with Crippen molar-refractivity contribution in [3.05, 3.63) is 28.8 Å².